The first kappa shape index (κ1) is 20.3. The van der Waals surface area contributed by atoms with Crippen molar-refractivity contribution in [3.8, 4) is 0 Å². The molecule has 2 atom stereocenters. The number of hydrogen-bond acceptors (Lipinski definition) is 5. The highest BCUT2D eigenvalue weighted by Gasteiger charge is 2.51. The monoisotopic (exact) mass is 421 g/mol. The minimum Gasteiger partial charge on any atom is -0.422 e. The lowest BCUT2D eigenvalue weighted by molar-refractivity contribution is -0.134. The highest BCUT2D eigenvalue weighted by molar-refractivity contribution is 6.13. The van der Waals surface area contributed by atoms with E-state index in [0.29, 0.717) is 23.2 Å². The van der Waals surface area contributed by atoms with Crippen molar-refractivity contribution in [1.82, 2.24) is 9.47 Å². The van der Waals surface area contributed by atoms with Crippen molar-refractivity contribution in [2.75, 3.05) is 26.8 Å². The SMILES string of the molecule is CC[C@@]12C=C(C(=O)O/C(COC)=C(\C)N)n3c4c(c5ccccc53)CCN(CCC1)[C@H]42. The largest absolute Gasteiger partial charge is 0.422 e. The maximum atomic E-state index is 13.6. The third-order valence-corrected chi connectivity index (χ3v) is 7.39. The molecule has 1 aromatic heterocycles. The number of ether oxygens (including phenoxy) is 2. The molecular weight excluding hydrogens is 390 g/mol. The first-order valence-electron chi connectivity index (χ1n) is 11.3. The third kappa shape index (κ3) is 2.96. The van der Waals surface area contributed by atoms with Crippen LogP contribution in [0.2, 0.25) is 0 Å². The highest BCUT2D eigenvalue weighted by Crippen LogP contribution is 2.57. The van der Waals surface area contributed by atoms with Gasteiger partial charge in [-0.3, -0.25) is 4.90 Å². The Morgan fingerprint density at radius 2 is 2.10 bits per heavy atom. The molecule has 0 radical (unpaired) electrons. The summed E-state index contributed by atoms with van der Waals surface area (Å²) in [5.41, 5.74) is 10.7. The molecule has 0 amide bonds. The van der Waals surface area contributed by atoms with E-state index < -0.39 is 0 Å². The molecule has 2 aromatic rings. The highest BCUT2D eigenvalue weighted by atomic mass is 16.6. The van der Waals surface area contributed by atoms with Crippen molar-refractivity contribution >= 4 is 22.6 Å². The van der Waals surface area contributed by atoms with Crippen LogP contribution in [0.5, 0.6) is 0 Å². The molecule has 31 heavy (non-hydrogen) atoms. The molecule has 1 aromatic carbocycles. The van der Waals surface area contributed by atoms with Gasteiger partial charge in [0.2, 0.25) is 0 Å². The quantitative estimate of drug-likeness (QED) is 0.584. The van der Waals surface area contributed by atoms with E-state index in [-0.39, 0.29) is 18.0 Å². The van der Waals surface area contributed by atoms with Crippen molar-refractivity contribution in [3.63, 3.8) is 0 Å². The number of piperidine rings is 1. The van der Waals surface area contributed by atoms with Crippen LogP contribution in [-0.2, 0) is 20.7 Å². The van der Waals surface area contributed by atoms with Crippen LogP contribution >= 0.6 is 0 Å². The van der Waals surface area contributed by atoms with Gasteiger partial charge in [-0.25, -0.2) is 4.79 Å². The smallest absolute Gasteiger partial charge is 0.360 e. The summed E-state index contributed by atoms with van der Waals surface area (Å²) >= 11 is 0. The molecule has 0 unspecified atom stereocenters. The number of rotatable bonds is 5. The van der Waals surface area contributed by atoms with Crippen molar-refractivity contribution in [2.45, 2.75) is 45.6 Å². The fraction of sp³-hybridized carbons (Fsp3) is 0.480. The Morgan fingerprint density at radius 3 is 2.84 bits per heavy atom. The topological polar surface area (TPSA) is 69.7 Å². The van der Waals surface area contributed by atoms with E-state index >= 15 is 0 Å². The summed E-state index contributed by atoms with van der Waals surface area (Å²) in [6.07, 6.45) is 6.44. The first-order chi connectivity index (χ1) is 15.0. The van der Waals surface area contributed by atoms with Crippen molar-refractivity contribution in [1.29, 1.82) is 0 Å². The van der Waals surface area contributed by atoms with E-state index in [1.54, 1.807) is 14.0 Å². The van der Waals surface area contributed by atoms with Crippen molar-refractivity contribution in [2.24, 2.45) is 11.1 Å². The van der Waals surface area contributed by atoms with Gasteiger partial charge >= 0.3 is 5.97 Å². The molecule has 1 fully saturated rings. The van der Waals surface area contributed by atoms with Crippen LogP contribution < -0.4 is 5.73 Å². The van der Waals surface area contributed by atoms with Gasteiger partial charge in [-0.15, -0.1) is 0 Å². The average Bonchev–Trinajstić information content (AvgIpc) is 3.12. The number of carbonyl (C=O) groups is 1. The molecule has 0 bridgehead atoms. The lowest BCUT2D eigenvalue weighted by Gasteiger charge is -2.53. The number of hydrogen-bond donors (Lipinski definition) is 1. The molecule has 5 rings (SSSR count). The fourth-order valence-electron chi connectivity index (χ4n) is 5.95. The minimum atomic E-state index is -0.366. The zero-order valence-corrected chi connectivity index (χ0v) is 18.6. The molecule has 3 aliphatic rings. The number of fused-ring (bicyclic) bond motifs is 3. The lowest BCUT2D eigenvalue weighted by atomic mass is 9.66. The predicted molar refractivity (Wildman–Crippen MR) is 121 cm³/mol. The Kier molecular flexibility index (Phi) is 4.94. The van der Waals surface area contributed by atoms with Crippen LogP contribution in [0.3, 0.4) is 0 Å². The molecule has 6 heteroatoms. The predicted octanol–water partition coefficient (Wildman–Crippen LogP) is 3.97. The number of nitrogens with zero attached hydrogens (tertiary/aromatic N) is 2. The molecule has 2 N–H and O–H groups in total. The van der Waals surface area contributed by atoms with Gasteiger partial charge in [0, 0.05) is 35.8 Å². The number of nitrogens with two attached hydrogens (primary N) is 1. The molecule has 3 aliphatic heterocycles. The van der Waals surface area contributed by atoms with Gasteiger partial charge < -0.3 is 19.8 Å². The second kappa shape index (κ2) is 7.53. The summed E-state index contributed by atoms with van der Waals surface area (Å²) in [6.45, 7) is 6.34. The number of benzene rings is 1. The van der Waals surface area contributed by atoms with Gasteiger partial charge in [0.15, 0.2) is 5.76 Å². The van der Waals surface area contributed by atoms with E-state index in [0.717, 1.165) is 44.3 Å². The Labute approximate surface area is 183 Å². The van der Waals surface area contributed by atoms with Gasteiger partial charge in [-0.1, -0.05) is 25.1 Å². The molecule has 0 spiro atoms. The zero-order valence-electron chi connectivity index (χ0n) is 18.6. The van der Waals surface area contributed by atoms with E-state index in [4.69, 9.17) is 15.2 Å². The van der Waals surface area contributed by atoms with Crippen LogP contribution in [0, 0.1) is 5.41 Å². The fourth-order valence-corrected chi connectivity index (χ4v) is 5.95. The average molecular weight is 422 g/mol. The number of aromatic nitrogens is 1. The molecular formula is C25H31N3O3. The second-order valence-electron chi connectivity index (χ2n) is 9.05. The van der Waals surface area contributed by atoms with Crippen molar-refractivity contribution < 1.29 is 14.3 Å². The second-order valence-corrected chi connectivity index (χ2v) is 9.05. The number of para-hydroxylation sites is 1. The van der Waals surface area contributed by atoms with Crippen LogP contribution in [0.1, 0.15) is 50.4 Å². The number of allylic oxidation sites excluding steroid dienone is 1. The molecule has 0 saturated carbocycles. The maximum absolute atomic E-state index is 13.6. The van der Waals surface area contributed by atoms with Crippen LogP contribution in [0.15, 0.2) is 41.8 Å². The van der Waals surface area contributed by atoms with E-state index in [2.05, 4.69) is 40.7 Å². The Morgan fingerprint density at radius 1 is 1.29 bits per heavy atom. The summed E-state index contributed by atoms with van der Waals surface area (Å²) in [7, 11) is 1.57. The van der Waals surface area contributed by atoms with Gasteiger partial charge in [0.1, 0.15) is 12.3 Å². The first-order valence-corrected chi connectivity index (χ1v) is 11.3. The third-order valence-electron chi connectivity index (χ3n) is 7.39. The van der Waals surface area contributed by atoms with Crippen LogP contribution in [-0.4, -0.2) is 42.2 Å². The molecule has 0 aliphatic carbocycles. The Balaban J connectivity index is 1.72. The van der Waals surface area contributed by atoms with E-state index in [1.807, 2.05) is 6.07 Å². The van der Waals surface area contributed by atoms with E-state index in [9.17, 15) is 4.79 Å². The van der Waals surface area contributed by atoms with Gasteiger partial charge in [0.25, 0.3) is 0 Å². The molecule has 4 heterocycles. The number of methoxy groups -OCH3 is 1. The molecule has 6 nitrogen and oxygen atoms in total. The number of carbonyl (C=O) groups excluding carboxylic acids is 1. The van der Waals surface area contributed by atoms with Crippen LogP contribution in [0.25, 0.3) is 16.6 Å². The summed E-state index contributed by atoms with van der Waals surface area (Å²) in [5, 5.41) is 1.25. The van der Waals surface area contributed by atoms with Crippen LogP contribution in [0.4, 0.5) is 0 Å². The van der Waals surface area contributed by atoms with Gasteiger partial charge in [-0.2, -0.15) is 0 Å². The molecule has 164 valence electrons. The summed E-state index contributed by atoms with van der Waals surface area (Å²) in [6, 6.07) is 8.74. The molecule has 1 saturated heterocycles. The maximum Gasteiger partial charge on any atom is 0.360 e. The van der Waals surface area contributed by atoms with Gasteiger partial charge in [0.05, 0.1) is 11.6 Å². The Bertz CT molecular complexity index is 1110. The number of esters is 1. The zero-order chi connectivity index (χ0) is 21.8. The van der Waals surface area contributed by atoms with Crippen molar-refractivity contribution in [3.05, 3.63) is 53.1 Å². The van der Waals surface area contributed by atoms with E-state index in [1.165, 1.54) is 16.6 Å². The summed E-state index contributed by atoms with van der Waals surface area (Å²) in [4.78, 5) is 16.2. The Hall–Kier alpha value is -2.57. The summed E-state index contributed by atoms with van der Waals surface area (Å²) < 4.78 is 13.2. The van der Waals surface area contributed by atoms with Gasteiger partial charge in [-0.05, 0) is 56.9 Å². The summed E-state index contributed by atoms with van der Waals surface area (Å²) in [5.74, 6) is 0.00560. The lowest BCUT2D eigenvalue weighted by Crippen LogP contribution is -2.51. The standard InChI is InChI=1S/C25H31N3O3/c1-4-25-11-7-12-27-13-10-18-17-8-5-6-9-19(17)28(22(18)23(25)27)20(14-25)24(29)31-21(15-30-3)16(2)26/h5-6,8-9,14,23H,4,7,10-13,15,26H2,1-3H3/b21-16+/t23-,25+/m1/s1. The minimum absolute atomic E-state index is 0.0605. The normalized spacial score (nSPS) is 25.6.